The molecule has 27 heavy (non-hydrogen) atoms. The summed E-state index contributed by atoms with van der Waals surface area (Å²) in [6.45, 7) is 6.56. The Kier molecular flexibility index (Phi) is 6.72. The van der Waals surface area contributed by atoms with E-state index in [9.17, 15) is 0 Å². The highest BCUT2D eigenvalue weighted by Crippen LogP contribution is 2.42. The summed E-state index contributed by atoms with van der Waals surface area (Å²) < 4.78 is 13.2. The third-order valence-electron chi connectivity index (χ3n) is 5.53. The first-order valence-corrected chi connectivity index (χ1v) is 9.61. The molecule has 2 aromatic rings. The molecule has 4 rings (SSSR count). The number of nitrogens with zero attached hydrogens (tertiary/aromatic N) is 1. The van der Waals surface area contributed by atoms with Crippen LogP contribution in [-0.2, 0) is 15.3 Å². The van der Waals surface area contributed by atoms with Gasteiger partial charge in [0.05, 0.1) is 6.61 Å². The maximum Gasteiger partial charge on any atom is 0.222 e. The van der Waals surface area contributed by atoms with Gasteiger partial charge in [0, 0.05) is 23.7 Å². The van der Waals surface area contributed by atoms with E-state index in [0.29, 0.717) is 12.6 Å². The summed E-state index contributed by atoms with van der Waals surface area (Å²) in [5, 5.41) is 0. The van der Waals surface area contributed by atoms with Crippen LogP contribution in [0.25, 0.3) is 0 Å². The fourth-order valence-corrected chi connectivity index (χ4v) is 4.29. The van der Waals surface area contributed by atoms with Gasteiger partial charge in [-0.25, -0.2) is 0 Å². The minimum Gasteiger partial charge on any atom is -0.339 e. The van der Waals surface area contributed by atoms with Crippen molar-refractivity contribution in [3.05, 3.63) is 84.4 Å². The molecule has 2 saturated heterocycles. The molecule has 3 nitrogen and oxygen atoms in total. The highest BCUT2D eigenvalue weighted by Gasteiger charge is 2.48. The van der Waals surface area contributed by atoms with Crippen molar-refractivity contribution in [1.29, 1.82) is 0 Å². The summed E-state index contributed by atoms with van der Waals surface area (Å²) in [5.74, 6) is -0.815. The molecular weight excluding hydrogens is 358 g/mol. The second kappa shape index (κ2) is 9.03. The van der Waals surface area contributed by atoms with Gasteiger partial charge in [0.15, 0.2) is 0 Å². The Morgan fingerprint density at radius 2 is 1.63 bits per heavy atom. The lowest BCUT2D eigenvalue weighted by atomic mass is 9.96. The molecule has 0 N–H and O–H groups in total. The molecule has 2 atom stereocenters. The zero-order valence-corrected chi connectivity index (χ0v) is 16.4. The van der Waals surface area contributed by atoms with E-state index < -0.39 is 5.79 Å². The van der Waals surface area contributed by atoms with Gasteiger partial charge in [-0.15, -0.1) is 19.0 Å². The normalized spacial score (nSPS) is 24.9. The highest BCUT2D eigenvalue weighted by atomic mass is 35.5. The minimum atomic E-state index is -0.815. The highest BCUT2D eigenvalue weighted by molar-refractivity contribution is 5.85. The smallest absolute Gasteiger partial charge is 0.222 e. The average molecular weight is 386 g/mol. The maximum absolute atomic E-state index is 6.74. The molecule has 2 aromatic carbocycles. The molecule has 0 radical (unpaired) electrons. The topological polar surface area (TPSA) is 21.7 Å². The van der Waals surface area contributed by atoms with Crippen LogP contribution in [-0.4, -0.2) is 36.7 Å². The van der Waals surface area contributed by atoms with E-state index in [1.807, 2.05) is 42.5 Å². The molecule has 0 bridgehead atoms. The predicted octanol–water partition coefficient (Wildman–Crippen LogP) is 4.77. The summed E-state index contributed by atoms with van der Waals surface area (Å²) in [6, 6.07) is 21.0. The Hall–Kier alpha value is -1.65. The quantitative estimate of drug-likeness (QED) is 0.692. The first kappa shape index (κ1) is 20.1. The summed E-state index contributed by atoms with van der Waals surface area (Å²) in [5.41, 5.74) is 2.11. The lowest BCUT2D eigenvalue weighted by molar-refractivity contribution is -0.152. The van der Waals surface area contributed by atoms with Crippen molar-refractivity contribution in [2.75, 3.05) is 19.7 Å². The SMILES string of the molecule is C=CCN1CCCCC1[C@@H]1COC(c2ccccc2)(c2ccccc2)O1.Cl. The van der Waals surface area contributed by atoms with E-state index in [0.717, 1.165) is 30.6 Å². The first-order chi connectivity index (χ1) is 12.8. The zero-order chi connectivity index (χ0) is 17.8. The van der Waals surface area contributed by atoms with Crippen LogP contribution in [0.3, 0.4) is 0 Å². The Balaban J connectivity index is 0.00000210. The van der Waals surface area contributed by atoms with Crippen molar-refractivity contribution in [2.24, 2.45) is 0 Å². The number of ether oxygens (including phenoxy) is 2. The fraction of sp³-hybridized carbons (Fsp3) is 0.391. The van der Waals surface area contributed by atoms with E-state index in [1.54, 1.807) is 0 Å². The summed E-state index contributed by atoms with van der Waals surface area (Å²) in [7, 11) is 0. The number of likely N-dealkylation sites (tertiary alicyclic amines) is 1. The van der Waals surface area contributed by atoms with Crippen LogP contribution in [0.2, 0.25) is 0 Å². The molecule has 0 amide bonds. The van der Waals surface area contributed by atoms with Gasteiger partial charge in [-0.2, -0.15) is 0 Å². The van der Waals surface area contributed by atoms with Crippen LogP contribution in [0, 0.1) is 0 Å². The summed E-state index contributed by atoms with van der Waals surface area (Å²) >= 11 is 0. The van der Waals surface area contributed by atoms with E-state index in [2.05, 4.69) is 35.7 Å². The zero-order valence-electron chi connectivity index (χ0n) is 15.6. The average Bonchev–Trinajstić information content (AvgIpc) is 3.17. The number of hydrogen-bond donors (Lipinski definition) is 0. The molecule has 4 heteroatoms. The molecule has 2 aliphatic rings. The maximum atomic E-state index is 6.74. The third kappa shape index (κ3) is 3.97. The standard InChI is InChI=1S/C23H27NO2.ClH/c1-2-16-24-17-10-9-15-21(24)22-18-25-23(26-22,19-11-5-3-6-12-19)20-13-7-4-8-14-20;/h2-8,11-14,21-22H,1,9-10,15-18H2;1H/t21?,22-;/m0./s1. The molecule has 1 unspecified atom stereocenters. The van der Waals surface area contributed by atoms with Gasteiger partial charge < -0.3 is 9.47 Å². The van der Waals surface area contributed by atoms with Crippen LogP contribution in [0.4, 0.5) is 0 Å². The van der Waals surface area contributed by atoms with E-state index in [-0.39, 0.29) is 18.5 Å². The van der Waals surface area contributed by atoms with Crippen molar-refractivity contribution in [2.45, 2.75) is 37.2 Å². The van der Waals surface area contributed by atoms with E-state index in [1.165, 1.54) is 12.8 Å². The van der Waals surface area contributed by atoms with Gasteiger partial charge in [0.1, 0.15) is 6.10 Å². The Morgan fingerprint density at radius 3 is 2.22 bits per heavy atom. The van der Waals surface area contributed by atoms with Crippen molar-refractivity contribution in [1.82, 2.24) is 4.90 Å². The second-order valence-electron chi connectivity index (χ2n) is 7.16. The van der Waals surface area contributed by atoms with Gasteiger partial charge in [0.25, 0.3) is 0 Å². The monoisotopic (exact) mass is 385 g/mol. The van der Waals surface area contributed by atoms with Crippen LogP contribution >= 0.6 is 12.4 Å². The molecular formula is C23H28ClNO2. The van der Waals surface area contributed by atoms with E-state index in [4.69, 9.17) is 9.47 Å². The minimum absolute atomic E-state index is 0. The van der Waals surface area contributed by atoms with Crippen LogP contribution < -0.4 is 0 Å². The van der Waals surface area contributed by atoms with Gasteiger partial charge in [-0.1, -0.05) is 73.2 Å². The van der Waals surface area contributed by atoms with Gasteiger partial charge in [-0.3, -0.25) is 4.90 Å². The molecule has 2 aliphatic heterocycles. The molecule has 144 valence electrons. The fourth-order valence-electron chi connectivity index (χ4n) is 4.29. The second-order valence-corrected chi connectivity index (χ2v) is 7.16. The Morgan fingerprint density at radius 1 is 1.00 bits per heavy atom. The number of hydrogen-bond acceptors (Lipinski definition) is 3. The number of piperidine rings is 1. The summed E-state index contributed by atoms with van der Waals surface area (Å²) in [6.07, 6.45) is 5.72. The third-order valence-corrected chi connectivity index (χ3v) is 5.53. The van der Waals surface area contributed by atoms with Gasteiger partial charge >= 0.3 is 0 Å². The Bertz CT molecular complexity index is 682. The molecule has 0 saturated carbocycles. The van der Waals surface area contributed by atoms with E-state index >= 15 is 0 Å². The van der Waals surface area contributed by atoms with Crippen LogP contribution in [0.5, 0.6) is 0 Å². The largest absolute Gasteiger partial charge is 0.339 e. The number of rotatable bonds is 5. The van der Waals surface area contributed by atoms with Crippen LogP contribution in [0.1, 0.15) is 30.4 Å². The molecule has 0 aliphatic carbocycles. The lowest BCUT2D eigenvalue weighted by Crippen LogP contribution is -2.48. The number of halogens is 1. The first-order valence-electron chi connectivity index (χ1n) is 9.61. The number of benzene rings is 2. The van der Waals surface area contributed by atoms with Crippen LogP contribution in [0.15, 0.2) is 73.3 Å². The molecule has 2 heterocycles. The summed E-state index contributed by atoms with van der Waals surface area (Å²) in [4.78, 5) is 2.50. The predicted molar refractivity (Wildman–Crippen MR) is 111 cm³/mol. The molecule has 0 aromatic heterocycles. The van der Waals surface area contributed by atoms with Crippen molar-refractivity contribution in [3.8, 4) is 0 Å². The lowest BCUT2D eigenvalue weighted by Gasteiger charge is -2.38. The molecule has 0 spiro atoms. The van der Waals surface area contributed by atoms with Gasteiger partial charge in [0.2, 0.25) is 5.79 Å². The van der Waals surface area contributed by atoms with Gasteiger partial charge in [-0.05, 0) is 19.4 Å². The van der Waals surface area contributed by atoms with Crippen molar-refractivity contribution in [3.63, 3.8) is 0 Å². The van der Waals surface area contributed by atoms with Crippen molar-refractivity contribution >= 4 is 12.4 Å². The Labute approximate surface area is 168 Å². The molecule has 2 fully saturated rings. The van der Waals surface area contributed by atoms with Crippen molar-refractivity contribution < 1.29 is 9.47 Å².